The Balaban J connectivity index is 1.07. The van der Waals surface area contributed by atoms with Gasteiger partial charge in [0.1, 0.15) is 11.5 Å². The lowest BCUT2D eigenvalue weighted by Crippen LogP contribution is -2.32. The third-order valence-corrected chi connectivity index (χ3v) is 13.3. The van der Waals surface area contributed by atoms with E-state index in [1.54, 1.807) is 0 Å². The molecule has 13 rings (SSSR count). The monoisotopic (exact) mass is 775 g/mol. The Morgan fingerprint density at radius 1 is 0.311 bits per heavy atom. The molecule has 2 aliphatic rings. The normalized spacial score (nSPS) is 13.2. The summed E-state index contributed by atoms with van der Waals surface area (Å²) in [6.45, 7) is 0. The number of rotatable bonds is 4. The lowest BCUT2D eigenvalue weighted by molar-refractivity contribution is 0.447. The molecular formula is C59H37NO. The number of nitrogens with zero attached hydrogens (tertiary/aromatic N) is 1. The fourth-order valence-electron chi connectivity index (χ4n) is 10.6. The Morgan fingerprint density at radius 2 is 0.820 bits per heavy atom. The van der Waals surface area contributed by atoms with Crippen LogP contribution in [0.3, 0.4) is 0 Å². The maximum Gasteiger partial charge on any atom is 0.140 e. The minimum atomic E-state index is -0.596. The zero-order valence-electron chi connectivity index (χ0n) is 33.2. The molecule has 1 heterocycles. The molecule has 0 radical (unpaired) electrons. The summed E-state index contributed by atoms with van der Waals surface area (Å²) in [5, 5.41) is 9.42. The molecule has 0 fully saturated rings. The molecule has 0 amide bonds. The highest BCUT2D eigenvalue weighted by Gasteiger charge is 2.51. The molecule has 0 aromatic heterocycles. The van der Waals surface area contributed by atoms with E-state index in [2.05, 4.69) is 229 Å². The van der Waals surface area contributed by atoms with E-state index >= 15 is 0 Å². The van der Waals surface area contributed by atoms with Gasteiger partial charge >= 0.3 is 0 Å². The van der Waals surface area contributed by atoms with Crippen molar-refractivity contribution in [3.05, 3.63) is 247 Å². The van der Waals surface area contributed by atoms with Gasteiger partial charge in [-0.2, -0.15) is 0 Å². The summed E-state index contributed by atoms with van der Waals surface area (Å²) in [6.07, 6.45) is 0. The van der Waals surface area contributed by atoms with Gasteiger partial charge in [-0.15, -0.1) is 0 Å². The van der Waals surface area contributed by atoms with Crippen molar-refractivity contribution >= 4 is 60.2 Å². The molecule has 0 N–H and O–H groups in total. The third-order valence-electron chi connectivity index (χ3n) is 13.3. The molecule has 2 nitrogen and oxygen atoms in total. The number of ether oxygens (including phenoxy) is 1. The highest BCUT2D eigenvalue weighted by atomic mass is 16.5. The zero-order valence-corrected chi connectivity index (χ0v) is 33.2. The van der Waals surface area contributed by atoms with Crippen LogP contribution in [-0.4, -0.2) is 0 Å². The maximum absolute atomic E-state index is 7.19. The van der Waals surface area contributed by atoms with E-state index in [4.69, 9.17) is 4.74 Å². The number of para-hydroxylation sites is 1. The summed E-state index contributed by atoms with van der Waals surface area (Å²) in [5.41, 5.74) is 12.5. The predicted octanol–water partition coefficient (Wildman–Crippen LogP) is 15.9. The van der Waals surface area contributed by atoms with Crippen LogP contribution in [0.5, 0.6) is 11.5 Å². The topological polar surface area (TPSA) is 12.5 Å². The number of benzene rings is 11. The van der Waals surface area contributed by atoms with Crippen molar-refractivity contribution in [2.45, 2.75) is 5.41 Å². The standard InChI is InChI=1S/C59H37NO/c1-2-18-42-36-44(32-28-38(42)14-1)60(56-27-13-19-39-15-3-6-20-45(39)56)55-26-12-10-21-46(55)43-31-33-52-50(37-43)49-24-9-11-25-51(49)59(52)53-34-29-40-16-4-7-22-47(40)57(53)61-58-48-23-8-5-17-41(48)30-35-54(58)59/h1-37H. The molecule has 1 aliphatic heterocycles. The number of hydrogen-bond donors (Lipinski definition) is 0. The minimum absolute atomic E-state index is 0.596. The summed E-state index contributed by atoms with van der Waals surface area (Å²) in [6, 6.07) is 82.3. The fraction of sp³-hybridized carbons (Fsp3) is 0.0169. The van der Waals surface area contributed by atoms with Crippen LogP contribution in [0.15, 0.2) is 224 Å². The van der Waals surface area contributed by atoms with Gasteiger partial charge in [0.25, 0.3) is 0 Å². The van der Waals surface area contributed by atoms with E-state index in [9.17, 15) is 0 Å². The second kappa shape index (κ2) is 13.0. The molecule has 11 aromatic carbocycles. The first-order valence-corrected chi connectivity index (χ1v) is 21.1. The lowest BCUT2D eigenvalue weighted by Gasteiger charge is -2.40. The van der Waals surface area contributed by atoms with Crippen LogP contribution in [0, 0.1) is 0 Å². The highest BCUT2D eigenvalue weighted by Crippen LogP contribution is 2.64. The van der Waals surface area contributed by atoms with Gasteiger partial charge in [-0.3, -0.25) is 0 Å². The van der Waals surface area contributed by atoms with E-state index in [1.807, 2.05) is 0 Å². The van der Waals surface area contributed by atoms with Gasteiger partial charge in [0, 0.05) is 38.5 Å². The van der Waals surface area contributed by atoms with Crippen molar-refractivity contribution in [1.29, 1.82) is 0 Å². The Bertz CT molecular complexity index is 3510. The predicted molar refractivity (Wildman–Crippen MR) is 254 cm³/mol. The fourth-order valence-corrected chi connectivity index (χ4v) is 10.6. The Hall–Kier alpha value is -7.94. The second-order valence-corrected chi connectivity index (χ2v) is 16.4. The lowest BCUT2D eigenvalue weighted by atomic mass is 9.65. The van der Waals surface area contributed by atoms with Crippen LogP contribution < -0.4 is 9.64 Å². The van der Waals surface area contributed by atoms with Crippen molar-refractivity contribution < 1.29 is 4.74 Å². The first-order valence-electron chi connectivity index (χ1n) is 21.1. The van der Waals surface area contributed by atoms with Crippen LogP contribution in [0.25, 0.3) is 65.3 Å². The van der Waals surface area contributed by atoms with Crippen molar-refractivity contribution in [2.75, 3.05) is 4.90 Å². The SMILES string of the molecule is c1ccc(N(c2ccc3ccccc3c2)c2cccc3ccccc23)c(-c2ccc3c(c2)-c2ccccc2C32c3ccc4ccccc4c3Oc3c2ccc2ccccc32)c1. The van der Waals surface area contributed by atoms with Gasteiger partial charge in [0.05, 0.1) is 16.8 Å². The molecule has 0 saturated heterocycles. The van der Waals surface area contributed by atoms with Crippen LogP contribution in [0.2, 0.25) is 0 Å². The van der Waals surface area contributed by atoms with Gasteiger partial charge in [0.2, 0.25) is 0 Å². The molecule has 2 heteroatoms. The van der Waals surface area contributed by atoms with E-state index in [1.165, 1.54) is 65.7 Å². The van der Waals surface area contributed by atoms with Crippen LogP contribution in [0.1, 0.15) is 22.3 Å². The van der Waals surface area contributed by atoms with Crippen molar-refractivity contribution in [3.63, 3.8) is 0 Å². The summed E-state index contributed by atoms with van der Waals surface area (Å²) in [4.78, 5) is 2.45. The molecule has 11 aromatic rings. The summed E-state index contributed by atoms with van der Waals surface area (Å²) in [5.74, 6) is 1.86. The van der Waals surface area contributed by atoms with Crippen LogP contribution in [0.4, 0.5) is 17.1 Å². The molecule has 61 heavy (non-hydrogen) atoms. The van der Waals surface area contributed by atoms with E-state index in [0.29, 0.717) is 0 Å². The first kappa shape index (κ1) is 34.0. The smallest absolute Gasteiger partial charge is 0.140 e. The molecule has 0 atom stereocenters. The summed E-state index contributed by atoms with van der Waals surface area (Å²) < 4.78 is 7.19. The van der Waals surface area contributed by atoms with Gasteiger partial charge in [-0.1, -0.05) is 194 Å². The Morgan fingerprint density at radius 3 is 1.56 bits per heavy atom. The average molecular weight is 776 g/mol. The number of hydrogen-bond acceptors (Lipinski definition) is 2. The molecule has 284 valence electrons. The van der Waals surface area contributed by atoms with Crippen molar-refractivity contribution in [3.8, 4) is 33.8 Å². The van der Waals surface area contributed by atoms with Crippen molar-refractivity contribution in [2.24, 2.45) is 0 Å². The Kier molecular flexibility index (Phi) is 7.26. The van der Waals surface area contributed by atoms with Crippen molar-refractivity contribution in [1.82, 2.24) is 0 Å². The van der Waals surface area contributed by atoms with E-state index in [-0.39, 0.29) is 0 Å². The third kappa shape index (κ3) is 4.85. The Labute approximate surface area is 354 Å². The quantitative estimate of drug-likeness (QED) is 0.177. The first-order chi connectivity index (χ1) is 30.3. The highest BCUT2D eigenvalue weighted by molar-refractivity contribution is 6.04. The molecule has 0 saturated carbocycles. The molecule has 1 spiro atoms. The number of fused-ring (bicyclic) bond motifs is 15. The zero-order chi connectivity index (χ0) is 40.1. The summed E-state index contributed by atoms with van der Waals surface area (Å²) in [7, 11) is 0. The molecule has 1 aliphatic carbocycles. The van der Waals surface area contributed by atoms with E-state index in [0.717, 1.165) is 50.5 Å². The van der Waals surface area contributed by atoms with Gasteiger partial charge < -0.3 is 9.64 Å². The van der Waals surface area contributed by atoms with E-state index < -0.39 is 5.41 Å². The molecular weight excluding hydrogens is 739 g/mol. The van der Waals surface area contributed by atoms with Gasteiger partial charge in [-0.05, 0) is 85.1 Å². The number of anilines is 3. The average Bonchev–Trinajstić information content (AvgIpc) is 3.61. The minimum Gasteiger partial charge on any atom is -0.455 e. The van der Waals surface area contributed by atoms with Gasteiger partial charge in [0.15, 0.2) is 0 Å². The van der Waals surface area contributed by atoms with Crippen LogP contribution in [-0.2, 0) is 5.41 Å². The van der Waals surface area contributed by atoms with Crippen LogP contribution >= 0.6 is 0 Å². The maximum atomic E-state index is 7.19. The summed E-state index contributed by atoms with van der Waals surface area (Å²) >= 11 is 0. The largest absolute Gasteiger partial charge is 0.455 e. The second-order valence-electron chi connectivity index (χ2n) is 16.4. The van der Waals surface area contributed by atoms with Gasteiger partial charge in [-0.25, -0.2) is 0 Å². The molecule has 0 bridgehead atoms. The molecule has 0 unspecified atom stereocenters.